The highest BCUT2D eigenvalue weighted by Gasteiger charge is 2.47. The number of aromatic hydroxyl groups is 1. The number of phenolic OH excluding ortho intramolecular Hbond substituents is 1. The number of rotatable bonds is 4. The Hall–Kier alpha value is -1.02. The summed E-state index contributed by atoms with van der Waals surface area (Å²) < 4.78 is 0. The molecule has 1 aromatic carbocycles. The fraction of sp³-hybridized carbons (Fsp3) is 0.684. The lowest BCUT2D eigenvalue weighted by Gasteiger charge is -2.45. The summed E-state index contributed by atoms with van der Waals surface area (Å²) in [5.41, 5.74) is 1.59. The van der Waals surface area contributed by atoms with Crippen molar-refractivity contribution >= 4 is 0 Å². The van der Waals surface area contributed by atoms with Gasteiger partial charge in [0.15, 0.2) is 0 Å². The van der Waals surface area contributed by atoms with Gasteiger partial charge in [0.1, 0.15) is 5.75 Å². The molecule has 4 fully saturated rings. The number of nitrogens with one attached hydrogen (secondary N) is 1. The summed E-state index contributed by atoms with van der Waals surface area (Å²) in [5.74, 6) is 3.48. The highest BCUT2D eigenvalue weighted by molar-refractivity contribution is 5.31. The van der Waals surface area contributed by atoms with Gasteiger partial charge >= 0.3 is 0 Å². The molecule has 21 heavy (non-hydrogen) atoms. The van der Waals surface area contributed by atoms with Gasteiger partial charge in [0, 0.05) is 18.7 Å². The summed E-state index contributed by atoms with van der Waals surface area (Å²) in [4.78, 5) is 0. The monoisotopic (exact) mass is 285 g/mol. The van der Waals surface area contributed by atoms with E-state index in [4.69, 9.17) is 0 Å². The number of hydrogen-bond acceptors (Lipinski definition) is 2. The standard InChI is InChI=1S/C19H27NO/c21-18-4-2-1-3-17(18)12-20-13-19-6-5-14-7-15(10-19)9-16(8-14)11-19/h1-4,14-16,20-21H,5-13H2/t14?,15-,16-,19?/m0/s1. The van der Waals surface area contributed by atoms with E-state index in [0.717, 1.165) is 36.4 Å². The van der Waals surface area contributed by atoms with Crippen LogP contribution in [0.1, 0.15) is 50.5 Å². The maximum atomic E-state index is 9.88. The van der Waals surface area contributed by atoms with Crippen molar-refractivity contribution in [1.29, 1.82) is 0 Å². The third kappa shape index (κ3) is 2.70. The summed E-state index contributed by atoms with van der Waals surface area (Å²) in [6.07, 6.45) is 10.3. The van der Waals surface area contributed by atoms with Gasteiger partial charge in [-0.05, 0) is 74.2 Å². The Kier molecular flexibility index (Phi) is 3.45. The molecule has 2 N–H and O–H groups in total. The molecule has 2 heteroatoms. The molecule has 1 aromatic rings. The molecular formula is C19H27NO. The van der Waals surface area contributed by atoms with Crippen molar-refractivity contribution in [2.24, 2.45) is 23.2 Å². The molecule has 4 bridgehead atoms. The lowest BCUT2D eigenvalue weighted by Crippen LogP contribution is -2.40. The lowest BCUT2D eigenvalue weighted by molar-refractivity contribution is 0.0656. The Labute approximate surface area is 128 Å². The Morgan fingerprint density at radius 2 is 1.76 bits per heavy atom. The number of phenols is 1. The molecule has 0 aliphatic heterocycles. The van der Waals surface area contributed by atoms with Gasteiger partial charge in [-0.15, -0.1) is 0 Å². The highest BCUT2D eigenvalue weighted by Crippen LogP contribution is 2.56. The molecule has 5 rings (SSSR count). The lowest BCUT2D eigenvalue weighted by atomic mass is 9.61. The van der Waals surface area contributed by atoms with Crippen molar-refractivity contribution in [3.8, 4) is 5.75 Å². The van der Waals surface area contributed by atoms with E-state index < -0.39 is 0 Å². The van der Waals surface area contributed by atoms with Crippen molar-refractivity contribution in [2.45, 2.75) is 51.5 Å². The van der Waals surface area contributed by atoms with Crippen LogP contribution in [0.3, 0.4) is 0 Å². The average molecular weight is 285 g/mol. The van der Waals surface area contributed by atoms with Crippen LogP contribution in [0.15, 0.2) is 24.3 Å². The molecule has 0 aromatic heterocycles. The third-order valence-electron chi connectivity index (χ3n) is 6.33. The molecule has 0 spiro atoms. The zero-order valence-corrected chi connectivity index (χ0v) is 12.9. The molecule has 0 saturated heterocycles. The molecule has 4 aliphatic rings. The minimum Gasteiger partial charge on any atom is -0.508 e. The average Bonchev–Trinajstić information content (AvgIpc) is 2.66. The SMILES string of the molecule is Oc1ccccc1CNCC12CCC3C[C@@H](C[C@H](C3)C1)C2. The van der Waals surface area contributed by atoms with Crippen LogP contribution in [0.4, 0.5) is 0 Å². The first-order chi connectivity index (χ1) is 10.2. The van der Waals surface area contributed by atoms with Gasteiger partial charge in [-0.2, -0.15) is 0 Å². The molecule has 0 heterocycles. The summed E-state index contributed by atoms with van der Waals surface area (Å²) in [5, 5.41) is 13.5. The van der Waals surface area contributed by atoms with Crippen molar-refractivity contribution in [1.82, 2.24) is 5.32 Å². The smallest absolute Gasteiger partial charge is 0.120 e. The van der Waals surface area contributed by atoms with E-state index in [9.17, 15) is 5.11 Å². The quantitative estimate of drug-likeness (QED) is 0.873. The zero-order valence-electron chi connectivity index (χ0n) is 12.9. The van der Waals surface area contributed by atoms with Crippen LogP contribution in [0.25, 0.3) is 0 Å². The van der Waals surface area contributed by atoms with Crippen LogP contribution in [0.2, 0.25) is 0 Å². The van der Waals surface area contributed by atoms with Crippen LogP contribution in [-0.2, 0) is 6.54 Å². The Balaban J connectivity index is 1.41. The van der Waals surface area contributed by atoms with E-state index >= 15 is 0 Å². The van der Waals surface area contributed by atoms with Gasteiger partial charge in [0.25, 0.3) is 0 Å². The van der Waals surface area contributed by atoms with Gasteiger partial charge in [-0.3, -0.25) is 0 Å². The zero-order chi connectivity index (χ0) is 14.3. The second-order valence-electron chi connectivity index (χ2n) is 7.98. The van der Waals surface area contributed by atoms with Gasteiger partial charge < -0.3 is 10.4 Å². The van der Waals surface area contributed by atoms with Crippen molar-refractivity contribution in [3.05, 3.63) is 29.8 Å². The number of para-hydroxylation sites is 1. The van der Waals surface area contributed by atoms with E-state index in [1.807, 2.05) is 18.2 Å². The summed E-state index contributed by atoms with van der Waals surface area (Å²) in [7, 11) is 0. The largest absolute Gasteiger partial charge is 0.508 e. The molecule has 114 valence electrons. The fourth-order valence-corrected chi connectivity index (χ4v) is 5.65. The molecule has 4 saturated carbocycles. The van der Waals surface area contributed by atoms with E-state index in [2.05, 4.69) is 5.32 Å². The van der Waals surface area contributed by atoms with E-state index in [0.29, 0.717) is 11.2 Å². The summed E-state index contributed by atoms with van der Waals surface area (Å²) in [6, 6.07) is 7.70. The normalized spacial score (nSPS) is 37.6. The molecule has 0 unspecified atom stereocenters. The van der Waals surface area contributed by atoms with Crippen LogP contribution < -0.4 is 5.32 Å². The molecule has 0 radical (unpaired) electrons. The fourth-order valence-electron chi connectivity index (χ4n) is 5.65. The van der Waals surface area contributed by atoms with Crippen molar-refractivity contribution in [2.75, 3.05) is 6.54 Å². The Morgan fingerprint density at radius 1 is 1.05 bits per heavy atom. The minimum atomic E-state index is 0.423. The predicted molar refractivity (Wildman–Crippen MR) is 85.0 cm³/mol. The van der Waals surface area contributed by atoms with E-state index in [1.54, 1.807) is 6.07 Å². The second kappa shape index (κ2) is 5.31. The first-order valence-corrected chi connectivity index (χ1v) is 8.70. The molecule has 2 nitrogen and oxygen atoms in total. The number of fused-ring (bicyclic) bond motifs is 1. The van der Waals surface area contributed by atoms with Gasteiger partial charge in [-0.1, -0.05) is 18.2 Å². The van der Waals surface area contributed by atoms with E-state index in [-0.39, 0.29) is 0 Å². The Morgan fingerprint density at radius 3 is 2.52 bits per heavy atom. The highest BCUT2D eigenvalue weighted by atomic mass is 16.3. The second-order valence-corrected chi connectivity index (χ2v) is 7.98. The molecule has 0 amide bonds. The first kappa shape index (κ1) is 13.6. The maximum absolute atomic E-state index is 9.88. The van der Waals surface area contributed by atoms with Crippen molar-refractivity contribution in [3.63, 3.8) is 0 Å². The van der Waals surface area contributed by atoms with Gasteiger partial charge in [-0.25, -0.2) is 0 Å². The van der Waals surface area contributed by atoms with Crippen molar-refractivity contribution < 1.29 is 5.11 Å². The molecule has 4 aliphatic carbocycles. The summed E-state index contributed by atoms with van der Waals surface area (Å²) in [6.45, 7) is 1.94. The minimum absolute atomic E-state index is 0.423. The maximum Gasteiger partial charge on any atom is 0.120 e. The number of benzene rings is 1. The first-order valence-electron chi connectivity index (χ1n) is 8.70. The third-order valence-corrected chi connectivity index (χ3v) is 6.33. The van der Waals surface area contributed by atoms with E-state index in [1.165, 1.54) is 44.9 Å². The molecule has 2 atom stereocenters. The summed E-state index contributed by atoms with van der Waals surface area (Å²) >= 11 is 0. The van der Waals surface area contributed by atoms with Crippen LogP contribution >= 0.6 is 0 Å². The van der Waals surface area contributed by atoms with Crippen LogP contribution in [0, 0.1) is 23.2 Å². The van der Waals surface area contributed by atoms with Gasteiger partial charge in [0.05, 0.1) is 0 Å². The topological polar surface area (TPSA) is 32.3 Å². The predicted octanol–water partition coefficient (Wildman–Crippen LogP) is 4.09. The van der Waals surface area contributed by atoms with Crippen LogP contribution in [0.5, 0.6) is 5.75 Å². The van der Waals surface area contributed by atoms with Crippen LogP contribution in [-0.4, -0.2) is 11.7 Å². The Bertz CT molecular complexity index is 498. The van der Waals surface area contributed by atoms with Gasteiger partial charge in [0.2, 0.25) is 0 Å². The molecular weight excluding hydrogens is 258 g/mol. The number of hydrogen-bond donors (Lipinski definition) is 2.